The van der Waals surface area contributed by atoms with Gasteiger partial charge in [0.05, 0.1) is 24.9 Å². The number of methoxy groups -OCH3 is 1. The lowest BCUT2D eigenvalue weighted by molar-refractivity contribution is 0.0534. The Morgan fingerprint density at radius 1 is 0.970 bits per heavy atom. The van der Waals surface area contributed by atoms with Gasteiger partial charge in [-0.05, 0) is 43.7 Å². The molecule has 0 saturated carbocycles. The Labute approximate surface area is 198 Å². The third-order valence-corrected chi connectivity index (χ3v) is 6.41. The van der Waals surface area contributed by atoms with Gasteiger partial charge in [-0.15, -0.1) is 0 Å². The van der Waals surface area contributed by atoms with E-state index in [9.17, 15) is 9.59 Å². The Bertz CT molecular complexity index is 1180. The first-order valence-corrected chi connectivity index (χ1v) is 11.3. The zero-order valence-corrected chi connectivity index (χ0v) is 19.8. The Hall–Kier alpha value is -3.32. The number of benzene rings is 2. The molecule has 0 N–H and O–H groups in total. The van der Waals surface area contributed by atoms with Gasteiger partial charge in [-0.1, -0.05) is 35.9 Å². The summed E-state index contributed by atoms with van der Waals surface area (Å²) >= 11 is 6.30. The average Bonchev–Trinajstić information content (AvgIpc) is 3.12. The highest BCUT2D eigenvalue weighted by atomic mass is 35.5. The second-order valence-electron chi connectivity index (χ2n) is 8.11. The van der Waals surface area contributed by atoms with Crippen molar-refractivity contribution in [3.8, 4) is 5.75 Å². The Balaban J connectivity index is 1.44. The number of piperazine rings is 1. The van der Waals surface area contributed by atoms with Gasteiger partial charge in [-0.2, -0.15) is 5.10 Å². The van der Waals surface area contributed by atoms with Crippen LogP contribution in [0, 0.1) is 13.8 Å². The summed E-state index contributed by atoms with van der Waals surface area (Å²) in [6, 6.07) is 14.8. The molecule has 4 rings (SSSR count). The number of amides is 2. The SMILES string of the molecule is COc1cccc(C(=O)N2CCN(C(=O)c3c(C)nn(Cc4ccccc4Cl)c3C)CC2)c1. The molecule has 2 amide bonds. The molecule has 0 atom stereocenters. The normalized spacial score (nSPS) is 13.8. The molecule has 1 aromatic heterocycles. The standard InChI is InChI=1S/C25H27ClN4O3/c1-17-23(18(2)30(27-17)16-20-7-4-5-10-22(20)26)25(32)29-13-11-28(12-14-29)24(31)19-8-6-9-21(15-19)33-3/h4-10,15H,11-14,16H2,1-3H3. The number of hydrogen-bond donors (Lipinski definition) is 0. The van der Waals surface area contributed by atoms with Crippen LogP contribution in [-0.2, 0) is 6.54 Å². The van der Waals surface area contributed by atoms with Crippen LogP contribution in [0.4, 0.5) is 0 Å². The van der Waals surface area contributed by atoms with Crippen LogP contribution < -0.4 is 4.74 Å². The molecule has 2 aromatic carbocycles. The molecule has 7 nitrogen and oxygen atoms in total. The highest BCUT2D eigenvalue weighted by Gasteiger charge is 2.29. The first-order valence-electron chi connectivity index (χ1n) is 10.9. The Morgan fingerprint density at radius 3 is 2.30 bits per heavy atom. The van der Waals surface area contributed by atoms with E-state index >= 15 is 0 Å². The molecule has 2 heterocycles. The van der Waals surface area contributed by atoms with Crippen LogP contribution in [0.15, 0.2) is 48.5 Å². The van der Waals surface area contributed by atoms with Gasteiger partial charge in [-0.25, -0.2) is 0 Å². The average molecular weight is 467 g/mol. The van der Waals surface area contributed by atoms with Crippen molar-refractivity contribution < 1.29 is 14.3 Å². The number of halogens is 1. The molecule has 0 aliphatic carbocycles. The molecule has 0 unspecified atom stereocenters. The van der Waals surface area contributed by atoms with Crippen molar-refractivity contribution in [2.45, 2.75) is 20.4 Å². The third-order valence-electron chi connectivity index (χ3n) is 6.04. The van der Waals surface area contributed by atoms with Crippen LogP contribution in [0.5, 0.6) is 5.75 Å². The van der Waals surface area contributed by atoms with E-state index in [4.69, 9.17) is 16.3 Å². The topological polar surface area (TPSA) is 67.7 Å². The highest BCUT2D eigenvalue weighted by molar-refractivity contribution is 6.31. The number of hydrogen-bond acceptors (Lipinski definition) is 4. The molecule has 0 radical (unpaired) electrons. The number of carbonyl (C=O) groups is 2. The molecule has 33 heavy (non-hydrogen) atoms. The van der Waals surface area contributed by atoms with Crippen molar-refractivity contribution in [2.24, 2.45) is 0 Å². The fourth-order valence-corrected chi connectivity index (χ4v) is 4.35. The van der Waals surface area contributed by atoms with Crippen molar-refractivity contribution in [1.82, 2.24) is 19.6 Å². The molecule has 1 aliphatic rings. The molecule has 0 spiro atoms. The van der Waals surface area contributed by atoms with E-state index in [0.717, 1.165) is 11.3 Å². The molecular formula is C25H27ClN4O3. The predicted molar refractivity (Wildman–Crippen MR) is 127 cm³/mol. The van der Waals surface area contributed by atoms with E-state index in [0.29, 0.717) is 60.3 Å². The number of ether oxygens (including phenoxy) is 1. The number of aromatic nitrogens is 2. The van der Waals surface area contributed by atoms with Crippen LogP contribution in [-0.4, -0.2) is 64.7 Å². The summed E-state index contributed by atoms with van der Waals surface area (Å²) in [7, 11) is 1.58. The fraction of sp³-hybridized carbons (Fsp3) is 0.320. The van der Waals surface area contributed by atoms with Crippen molar-refractivity contribution >= 4 is 23.4 Å². The second kappa shape index (κ2) is 9.67. The molecule has 1 aliphatic heterocycles. The molecular weight excluding hydrogens is 440 g/mol. The van der Waals surface area contributed by atoms with E-state index in [1.54, 1.807) is 35.1 Å². The van der Waals surface area contributed by atoms with Crippen LogP contribution in [0.25, 0.3) is 0 Å². The monoisotopic (exact) mass is 466 g/mol. The first-order chi connectivity index (χ1) is 15.9. The maximum atomic E-state index is 13.3. The molecule has 3 aromatic rings. The van der Waals surface area contributed by atoms with Gasteiger partial charge in [0.25, 0.3) is 11.8 Å². The predicted octanol–water partition coefficient (Wildman–Crippen LogP) is 3.81. The quantitative estimate of drug-likeness (QED) is 0.573. The third kappa shape index (κ3) is 4.73. The number of aryl methyl sites for hydroxylation is 1. The summed E-state index contributed by atoms with van der Waals surface area (Å²) in [4.78, 5) is 29.8. The summed E-state index contributed by atoms with van der Waals surface area (Å²) in [5.41, 5.74) is 3.66. The minimum atomic E-state index is -0.0547. The zero-order valence-electron chi connectivity index (χ0n) is 19.0. The number of nitrogens with zero attached hydrogens (tertiary/aromatic N) is 4. The number of rotatable bonds is 5. The van der Waals surface area contributed by atoms with Gasteiger partial charge in [0.2, 0.25) is 0 Å². The lowest BCUT2D eigenvalue weighted by Crippen LogP contribution is -2.50. The van der Waals surface area contributed by atoms with Crippen molar-refractivity contribution in [3.05, 3.63) is 81.6 Å². The molecule has 1 saturated heterocycles. The summed E-state index contributed by atoms with van der Waals surface area (Å²) < 4.78 is 7.05. The van der Waals surface area contributed by atoms with Crippen molar-refractivity contribution in [1.29, 1.82) is 0 Å². The van der Waals surface area contributed by atoms with E-state index < -0.39 is 0 Å². The van der Waals surface area contributed by atoms with E-state index in [1.807, 2.05) is 48.9 Å². The van der Waals surface area contributed by atoms with Crippen LogP contribution in [0.2, 0.25) is 5.02 Å². The van der Waals surface area contributed by atoms with E-state index in [-0.39, 0.29) is 11.8 Å². The summed E-state index contributed by atoms with van der Waals surface area (Å²) in [6.45, 7) is 6.18. The van der Waals surface area contributed by atoms with Crippen LogP contribution in [0.3, 0.4) is 0 Å². The maximum absolute atomic E-state index is 13.3. The minimum Gasteiger partial charge on any atom is -0.497 e. The fourth-order valence-electron chi connectivity index (χ4n) is 4.16. The van der Waals surface area contributed by atoms with Gasteiger partial charge >= 0.3 is 0 Å². The van der Waals surface area contributed by atoms with Crippen molar-refractivity contribution in [3.63, 3.8) is 0 Å². The first kappa shape index (κ1) is 22.9. The van der Waals surface area contributed by atoms with Crippen LogP contribution in [0.1, 0.15) is 37.7 Å². The Morgan fingerprint density at radius 2 is 1.64 bits per heavy atom. The van der Waals surface area contributed by atoms with Gasteiger partial charge < -0.3 is 14.5 Å². The van der Waals surface area contributed by atoms with Gasteiger partial charge in [0.1, 0.15) is 5.75 Å². The van der Waals surface area contributed by atoms with Crippen molar-refractivity contribution in [2.75, 3.05) is 33.3 Å². The molecule has 8 heteroatoms. The lowest BCUT2D eigenvalue weighted by Gasteiger charge is -2.35. The summed E-state index contributed by atoms with van der Waals surface area (Å²) in [6.07, 6.45) is 0. The van der Waals surface area contributed by atoms with Gasteiger partial charge in [0.15, 0.2) is 0 Å². The van der Waals surface area contributed by atoms with E-state index in [2.05, 4.69) is 5.10 Å². The number of carbonyl (C=O) groups excluding carboxylic acids is 2. The minimum absolute atomic E-state index is 0.0520. The Kier molecular flexibility index (Phi) is 6.70. The highest BCUT2D eigenvalue weighted by Crippen LogP contribution is 2.22. The summed E-state index contributed by atoms with van der Waals surface area (Å²) in [5, 5.41) is 5.27. The maximum Gasteiger partial charge on any atom is 0.257 e. The smallest absolute Gasteiger partial charge is 0.257 e. The summed E-state index contributed by atoms with van der Waals surface area (Å²) in [5.74, 6) is 0.541. The largest absolute Gasteiger partial charge is 0.497 e. The van der Waals surface area contributed by atoms with Crippen LogP contribution >= 0.6 is 11.6 Å². The van der Waals surface area contributed by atoms with E-state index in [1.165, 1.54) is 0 Å². The molecule has 1 fully saturated rings. The zero-order chi connectivity index (χ0) is 23.5. The molecule has 172 valence electrons. The lowest BCUT2D eigenvalue weighted by atomic mass is 10.1. The van der Waals surface area contributed by atoms with Gasteiger partial charge in [0, 0.05) is 42.5 Å². The molecule has 0 bridgehead atoms. The second-order valence-corrected chi connectivity index (χ2v) is 8.52. The van der Waals surface area contributed by atoms with Gasteiger partial charge in [-0.3, -0.25) is 14.3 Å².